The smallest absolute Gasteiger partial charge is 0.415 e. The normalized spacial score (nSPS) is 18.9. The van der Waals surface area contributed by atoms with E-state index in [1.807, 2.05) is 0 Å². The molecule has 1 aliphatic rings. The molecule has 1 aromatic rings. The molecular weight excluding hydrogens is 250 g/mol. The van der Waals surface area contributed by atoms with Crippen LogP contribution in [0.15, 0.2) is 24.3 Å². The molecule has 1 N–H and O–H groups in total. The van der Waals surface area contributed by atoms with Crippen molar-refractivity contribution in [2.75, 3.05) is 11.5 Å². The van der Waals surface area contributed by atoms with Gasteiger partial charge in [0.2, 0.25) is 0 Å². The number of cyclic esters (lactones) is 1. The predicted octanol–water partition coefficient (Wildman–Crippen LogP) is 1.69. The maximum atomic E-state index is 11.7. The van der Waals surface area contributed by atoms with Crippen LogP contribution in [0.3, 0.4) is 0 Å². The standard InChI is InChI=1S/C13H13NO5/c1-8(15)9-3-2-4-10(7-9)14-11(12(16)17)5-6-19-13(14)18/h2-4,7,11H,5-6H2,1H3,(H,16,17). The van der Waals surface area contributed by atoms with Crippen LogP contribution in [0.1, 0.15) is 23.7 Å². The molecule has 19 heavy (non-hydrogen) atoms. The minimum Gasteiger partial charge on any atom is -0.480 e. The number of carbonyl (C=O) groups excluding carboxylic acids is 2. The van der Waals surface area contributed by atoms with Crippen LogP contribution in [0.4, 0.5) is 10.5 Å². The van der Waals surface area contributed by atoms with Crippen molar-refractivity contribution in [1.82, 2.24) is 0 Å². The van der Waals surface area contributed by atoms with Gasteiger partial charge in [0.1, 0.15) is 6.04 Å². The van der Waals surface area contributed by atoms with Crippen LogP contribution < -0.4 is 4.90 Å². The number of carboxylic acids is 1. The number of rotatable bonds is 3. The van der Waals surface area contributed by atoms with Crippen LogP contribution in [0.2, 0.25) is 0 Å². The summed E-state index contributed by atoms with van der Waals surface area (Å²) in [4.78, 5) is 35.3. The molecule has 100 valence electrons. The highest BCUT2D eigenvalue weighted by Crippen LogP contribution is 2.24. The van der Waals surface area contributed by atoms with Gasteiger partial charge in [0.05, 0.1) is 6.61 Å². The van der Waals surface area contributed by atoms with Crippen LogP contribution in [0.5, 0.6) is 0 Å². The largest absolute Gasteiger partial charge is 0.480 e. The molecular formula is C13H13NO5. The Morgan fingerprint density at radius 1 is 1.42 bits per heavy atom. The van der Waals surface area contributed by atoms with Gasteiger partial charge in [-0.05, 0) is 19.1 Å². The molecule has 0 spiro atoms. The monoisotopic (exact) mass is 263 g/mol. The van der Waals surface area contributed by atoms with E-state index in [1.165, 1.54) is 13.0 Å². The zero-order chi connectivity index (χ0) is 14.0. The van der Waals surface area contributed by atoms with Crippen LogP contribution in [-0.4, -0.2) is 35.6 Å². The summed E-state index contributed by atoms with van der Waals surface area (Å²) in [5.41, 5.74) is 0.768. The third kappa shape index (κ3) is 2.57. The lowest BCUT2D eigenvalue weighted by molar-refractivity contribution is -0.139. The molecule has 1 saturated heterocycles. The highest BCUT2D eigenvalue weighted by Gasteiger charge is 2.36. The van der Waals surface area contributed by atoms with E-state index in [4.69, 9.17) is 9.84 Å². The van der Waals surface area contributed by atoms with E-state index in [0.717, 1.165) is 4.90 Å². The van der Waals surface area contributed by atoms with Gasteiger partial charge in [0.15, 0.2) is 5.78 Å². The molecule has 1 heterocycles. The summed E-state index contributed by atoms with van der Waals surface area (Å²) in [5.74, 6) is -1.25. The highest BCUT2D eigenvalue weighted by atomic mass is 16.6. The number of aliphatic carboxylic acids is 1. The van der Waals surface area contributed by atoms with Gasteiger partial charge in [-0.2, -0.15) is 0 Å². The Morgan fingerprint density at radius 3 is 2.79 bits per heavy atom. The van der Waals surface area contributed by atoms with E-state index in [9.17, 15) is 14.4 Å². The molecule has 6 heteroatoms. The maximum absolute atomic E-state index is 11.7. The first kappa shape index (κ1) is 13.1. The number of nitrogens with zero attached hydrogens (tertiary/aromatic N) is 1. The third-order valence-corrected chi connectivity index (χ3v) is 2.94. The summed E-state index contributed by atoms with van der Waals surface area (Å²) in [5, 5.41) is 9.15. The lowest BCUT2D eigenvalue weighted by Crippen LogP contribution is -2.50. The molecule has 0 aliphatic carbocycles. The molecule has 0 aromatic heterocycles. The van der Waals surface area contributed by atoms with Crippen molar-refractivity contribution in [3.63, 3.8) is 0 Å². The Labute approximate surface area is 109 Å². The fourth-order valence-electron chi connectivity index (χ4n) is 1.98. The van der Waals surface area contributed by atoms with E-state index < -0.39 is 18.1 Å². The van der Waals surface area contributed by atoms with Crippen molar-refractivity contribution >= 4 is 23.5 Å². The summed E-state index contributed by atoms with van der Waals surface area (Å²) in [6, 6.07) is 5.31. The number of Topliss-reactive ketones (excluding diaryl/α,β-unsaturated/α-hetero) is 1. The number of ketones is 1. The fraction of sp³-hybridized carbons (Fsp3) is 0.308. The van der Waals surface area contributed by atoms with E-state index in [2.05, 4.69) is 0 Å². The lowest BCUT2D eigenvalue weighted by Gasteiger charge is -2.32. The molecule has 6 nitrogen and oxygen atoms in total. The van der Waals surface area contributed by atoms with Gasteiger partial charge in [-0.15, -0.1) is 0 Å². The molecule has 1 atom stereocenters. The molecule has 0 radical (unpaired) electrons. The number of hydrogen-bond donors (Lipinski definition) is 1. The van der Waals surface area contributed by atoms with Gasteiger partial charge in [0.25, 0.3) is 0 Å². The quantitative estimate of drug-likeness (QED) is 0.839. The number of ether oxygens (including phenoxy) is 1. The average Bonchev–Trinajstić information content (AvgIpc) is 2.38. The topological polar surface area (TPSA) is 83.9 Å². The summed E-state index contributed by atoms with van der Waals surface area (Å²) >= 11 is 0. The zero-order valence-corrected chi connectivity index (χ0v) is 10.3. The molecule has 1 aromatic carbocycles. The molecule has 1 amide bonds. The first-order chi connectivity index (χ1) is 9.00. The SMILES string of the molecule is CC(=O)c1cccc(N2C(=O)OCCC2C(=O)O)c1. The number of carbonyl (C=O) groups is 3. The van der Waals surface area contributed by atoms with E-state index in [1.54, 1.807) is 18.2 Å². The van der Waals surface area contributed by atoms with Crippen molar-refractivity contribution in [3.05, 3.63) is 29.8 Å². The van der Waals surface area contributed by atoms with Gasteiger partial charge < -0.3 is 9.84 Å². The average molecular weight is 263 g/mol. The van der Waals surface area contributed by atoms with Crippen molar-refractivity contribution < 1.29 is 24.2 Å². The zero-order valence-electron chi connectivity index (χ0n) is 10.3. The summed E-state index contributed by atoms with van der Waals surface area (Å²) < 4.78 is 4.86. The maximum Gasteiger partial charge on any atom is 0.415 e. The number of amides is 1. The second-order valence-electron chi connectivity index (χ2n) is 4.23. The lowest BCUT2D eigenvalue weighted by atomic mass is 10.1. The van der Waals surface area contributed by atoms with Crippen LogP contribution in [0, 0.1) is 0 Å². The Hall–Kier alpha value is -2.37. The Balaban J connectivity index is 2.41. The number of hydrogen-bond acceptors (Lipinski definition) is 4. The molecule has 0 saturated carbocycles. The molecule has 0 bridgehead atoms. The fourth-order valence-corrected chi connectivity index (χ4v) is 1.98. The number of carboxylic acid groups (broad SMARTS) is 1. The van der Waals surface area contributed by atoms with Gasteiger partial charge in [-0.25, -0.2) is 9.59 Å². The molecule has 1 unspecified atom stereocenters. The van der Waals surface area contributed by atoms with Gasteiger partial charge in [0, 0.05) is 17.7 Å². The van der Waals surface area contributed by atoms with Crippen molar-refractivity contribution in [3.8, 4) is 0 Å². The van der Waals surface area contributed by atoms with Gasteiger partial charge >= 0.3 is 12.1 Å². The van der Waals surface area contributed by atoms with Crippen LogP contribution >= 0.6 is 0 Å². The van der Waals surface area contributed by atoms with Crippen molar-refractivity contribution in [1.29, 1.82) is 0 Å². The highest BCUT2D eigenvalue weighted by molar-refractivity contribution is 5.99. The minimum absolute atomic E-state index is 0.0820. The van der Waals surface area contributed by atoms with Crippen LogP contribution in [0.25, 0.3) is 0 Å². The van der Waals surface area contributed by atoms with Crippen molar-refractivity contribution in [2.45, 2.75) is 19.4 Å². The molecule has 2 rings (SSSR count). The Bertz CT molecular complexity index is 540. The second kappa shape index (κ2) is 5.09. The Kier molecular flexibility index (Phi) is 3.50. The van der Waals surface area contributed by atoms with E-state index in [0.29, 0.717) is 11.3 Å². The minimum atomic E-state index is -1.09. The summed E-state index contributed by atoms with van der Waals surface area (Å²) in [7, 11) is 0. The third-order valence-electron chi connectivity index (χ3n) is 2.94. The van der Waals surface area contributed by atoms with E-state index in [-0.39, 0.29) is 18.8 Å². The van der Waals surface area contributed by atoms with Crippen molar-refractivity contribution in [2.24, 2.45) is 0 Å². The van der Waals surface area contributed by atoms with Crippen LogP contribution in [-0.2, 0) is 9.53 Å². The van der Waals surface area contributed by atoms with E-state index >= 15 is 0 Å². The van der Waals surface area contributed by atoms with Gasteiger partial charge in [-0.3, -0.25) is 9.69 Å². The van der Waals surface area contributed by atoms with Gasteiger partial charge in [-0.1, -0.05) is 12.1 Å². The number of benzene rings is 1. The Morgan fingerprint density at radius 2 is 2.16 bits per heavy atom. The second-order valence-corrected chi connectivity index (χ2v) is 4.23. The predicted molar refractivity (Wildman–Crippen MR) is 66.3 cm³/mol. The number of anilines is 1. The molecule has 1 fully saturated rings. The first-order valence-corrected chi connectivity index (χ1v) is 5.80. The summed E-state index contributed by atoms with van der Waals surface area (Å²) in [6.45, 7) is 1.49. The summed E-state index contributed by atoms with van der Waals surface area (Å²) in [6.07, 6.45) is -0.495. The molecule has 1 aliphatic heterocycles. The first-order valence-electron chi connectivity index (χ1n) is 5.80.